The maximum atomic E-state index is 11.5. The molecule has 0 aromatic carbocycles. The topological polar surface area (TPSA) is 53.6 Å². The van der Waals surface area contributed by atoms with Gasteiger partial charge in [-0.2, -0.15) is 0 Å². The average Bonchev–Trinajstić information content (AvgIpc) is 2.29. The van der Waals surface area contributed by atoms with Crippen molar-refractivity contribution in [1.82, 2.24) is 15.8 Å². The van der Waals surface area contributed by atoms with Gasteiger partial charge in [0.15, 0.2) is 0 Å². The fourth-order valence-electron chi connectivity index (χ4n) is 2.53. The first-order chi connectivity index (χ1) is 9.29. The summed E-state index contributed by atoms with van der Waals surface area (Å²) in [6.45, 7) is 11.7. The van der Waals surface area contributed by atoms with Gasteiger partial charge in [-0.15, -0.1) is 0 Å². The molecule has 0 radical (unpaired) electrons. The monoisotopic (exact) mass is 285 g/mol. The molecule has 5 heteroatoms. The highest BCUT2D eigenvalue weighted by atomic mass is 16.6. The Kier molecular flexibility index (Phi) is 6.76. The largest absolute Gasteiger partial charge is 0.444 e. The Morgan fingerprint density at radius 1 is 1.20 bits per heavy atom. The molecule has 1 heterocycles. The lowest BCUT2D eigenvalue weighted by Gasteiger charge is -2.39. The van der Waals surface area contributed by atoms with Gasteiger partial charge in [-0.1, -0.05) is 6.42 Å². The lowest BCUT2D eigenvalue weighted by Crippen LogP contribution is -2.52. The predicted molar refractivity (Wildman–Crippen MR) is 81.5 cm³/mol. The number of carbonyl (C=O) groups excluding carboxylic acids is 1. The average molecular weight is 285 g/mol. The third kappa shape index (κ3) is 6.57. The molecule has 20 heavy (non-hydrogen) atoms. The summed E-state index contributed by atoms with van der Waals surface area (Å²) in [6, 6.07) is 1.19. The van der Waals surface area contributed by atoms with Crippen molar-refractivity contribution in [2.45, 2.75) is 78.0 Å². The van der Waals surface area contributed by atoms with Crippen LogP contribution in [0.4, 0.5) is 4.79 Å². The number of hydrogen-bond donors (Lipinski definition) is 2. The number of carbonyl (C=O) groups is 1. The van der Waals surface area contributed by atoms with Crippen LogP contribution in [0.1, 0.15) is 60.3 Å². The molecule has 2 unspecified atom stereocenters. The van der Waals surface area contributed by atoms with E-state index in [0.717, 1.165) is 13.0 Å². The van der Waals surface area contributed by atoms with E-state index >= 15 is 0 Å². The minimum atomic E-state index is -0.430. The minimum Gasteiger partial charge on any atom is -0.444 e. The van der Waals surface area contributed by atoms with Gasteiger partial charge < -0.3 is 10.1 Å². The summed E-state index contributed by atoms with van der Waals surface area (Å²) in [7, 11) is 0. The Morgan fingerprint density at radius 3 is 2.35 bits per heavy atom. The number of amides is 1. The molecule has 1 rings (SSSR count). The quantitative estimate of drug-likeness (QED) is 0.763. The van der Waals surface area contributed by atoms with Crippen molar-refractivity contribution in [2.24, 2.45) is 0 Å². The van der Waals surface area contributed by atoms with Gasteiger partial charge in [0.1, 0.15) is 5.60 Å². The van der Waals surface area contributed by atoms with Crippen LogP contribution in [0.15, 0.2) is 0 Å². The highest BCUT2D eigenvalue weighted by Crippen LogP contribution is 2.19. The fraction of sp³-hybridized carbons (Fsp3) is 0.933. The van der Waals surface area contributed by atoms with Crippen LogP contribution in [0.2, 0.25) is 0 Å². The van der Waals surface area contributed by atoms with Crippen LogP contribution in [0.5, 0.6) is 0 Å². The van der Waals surface area contributed by atoms with E-state index in [4.69, 9.17) is 4.74 Å². The zero-order valence-corrected chi connectivity index (χ0v) is 13.7. The summed E-state index contributed by atoms with van der Waals surface area (Å²) in [5.74, 6) is 0. The smallest absolute Gasteiger partial charge is 0.407 e. The van der Waals surface area contributed by atoms with Crippen LogP contribution >= 0.6 is 0 Å². The molecule has 1 amide bonds. The second kappa shape index (κ2) is 7.84. The van der Waals surface area contributed by atoms with Crippen LogP contribution in [-0.4, -0.2) is 41.9 Å². The zero-order valence-electron chi connectivity index (χ0n) is 13.7. The molecule has 0 aliphatic carbocycles. The number of nitrogens with one attached hydrogen (secondary N) is 2. The molecule has 1 saturated heterocycles. The van der Waals surface area contributed by atoms with E-state index in [1.807, 2.05) is 20.8 Å². The molecule has 118 valence electrons. The Hall–Kier alpha value is -0.810. The lowest BCUT2D eigenvalue weighted by atomic mass is 10.00. The van der Waals surface area contributed by atoms with Gasteiger partial charge in [0, 0.05) is 25.2 Å². The molecule has 0 bridgehead atoms. The highest BCUT2D eigenvalue weighted by molar-refractivity contribution is 5.67. The SMILES string of the molecule is CC1CCCC(C)N1NCCCNC(=O)OC(C)(C)C. The number of rotatable bonds is 5. The van der Waals surface area contributed by atoms with Gasteiger partial charge in [-0.25, -0.2) is 9.80 Å². The third-order valence-electron chi connectivity index (χ3n) is 3.51. The number of hydrogen-bond acceptors (Lipinski definition) is 4. The summed E-state index contributed by atoms with van der Waals surface area (Å²) in [5.41, 5.74) is 3.05. The summed E-state index contributed by atoms with van der Waals surface area (Å²) in [4.78, 5) is 11.5. The summed E-state index contributed by atoms with van der Waals surface area (Å²) in [6.07, 6.45) is 4.40. The van der Waals surface area contributed by atoms with Gasteiger partial charge in [0.2, 0.25) is 0 Å². The van der Waals surface area contributed by atoms with Crippen molar-refractivity contribution in [3.63, 3.8) is 0 Å². The van der Waals surface area contributed by atoms with E-state index in [-0.39, 0.29) is 6.09 Å². The van der Waals surface area contributed by atoms with Crippen molar-refractivity contribution in [2.75, 3.05) is 13.1 Å². The number of piperidine rings is 1. The van der Waals surface area contributed by atoms with Gasteiger partial charge >= 0.3 is 6.09 Å². The second-order valence-electron chi connectivity index (χ2n) is 6.73. The van der Waals surface area contributed by atoms with E-state index in [9.17, 15) is 4.79 Å². The Balaban J connectivity index is 2.11. The molecule has 0 spiro atoms. The number of nitrogens with zero attached hydrogens (tertiary/aromatic N) is 1. The van der Waals surface area contributed by atoms with Crippen molar-refractivity contribution < 1.29 is 9.53 Å². The molecular weight excluding hydrogens is 254 g/mol. The number of alkyl carbamates (subject to hydrolysis) is 1. The van der Waals surface area contributed by atoms with E-state index < -0.39 is 5.60 Å². The Morgan fingerprint density at radius 2 is 1.80 bits per heavy atom. The predicted octanol–water partition coefficient (Wildman–Crippen LogP) is 2.67. The molecule has 0 aromatic heterocycles. The van der Waals surface area contributed by atoms with Gasteiger partial charge in [-0.05, 0) is 53.9 Å². The van der Waals surface area contributed by atoms with Crippen molar-refractivity contribution in [3.8, 4) is 0 Å². The van der Waals surface area contributed by atoms with Crippen molar-refractivity contribution in [1.29, 1.82) is 0 Å². The normalized spacial score (nSPS) is 24.4. The van der Waals surface area contributed by atoms with Crippen LogP contribution in [-0.2, 0) is 4.74 Å². The van der Waals surface area contributed by atoms with Crippen molar-refractivity contribution >= 4 is 6.09 Å². The Bertz CT molecular complexity index is 292. The summed E-state index contributed by atoms with van der Waals surface area (Å²) < 4.78 is 5.19. The Labute approximate surface area is 123 Å². The van der Waals surface area contributed by atoms with E-state index in [1.165, 1.54) is 19.3 Å². The molecule has 0 aromatic rings. The van der Waals surface area contributed by atoms with E-state index in [1.54, 1.807) is 0 Å². The minimum absolute atomic E-state index is 0.336. The van der Waals surface area contributed by atoms with E-state index in [2.05, 4.69) is 29.6 Å². The van der Waals surface area contributed by atoms with Gasteiger partial charge in [0.05, 0.1) is 0 Å². The first-order valence-corrected chi connectivity index (χ1v) is 7.78. The second-order valence-corrected chi connectivity index (χ2v) is 6.73. The first kappa shape index (κ1) is 17.2. The van der Waals surface area contributed by atoms with Crippen molar-refractivity contribution in [3.05, 3.63) is 0 Å². The van der Waals surface area contributed by atoms with Crippen LogP contribution in [0.25, 0.3) is 0 Å². The van der Waals surface area contributed by atoms with E-state index in [0.29, 0.717) is 18.6 Å². The lowest BCUT2D eigenvalue weighted by molar-refractivity contribution is 0.0444. The molecule has 1 fully saturated rings. The molecular formula is C15H31N3O2. The summed E-state index contributed by atoms with van der Waals surface area (Å²) >= 11 is 0. The first-order valence-electron chi connectivity index (χ1n) is 7.78. The fourth-order valence-corrected chi connectivity index (χ4v) is 2.53. The molecule has 5 nitrogen and oxygen atoms in total. The standard InChI is InChI=1S/C15H31N3O2/c1-12-8-6-9-13(2)18(12)17-11-7-10-16-14(19)20-15(3,4)5/h12-13,17H,6-11H2,1-5H3,(H,16,19). The number of hydrazine groups is 1. The van der Waals surface area contributed by atoms with Crippen LogP contribution in [0.3, 0.4) is 0 Å². The van der Waals surface area contributed by atoms with Crippen LogP contribution in [0, 0.1) is 0 Å². The third-order valence-corrected chi connectivity index (χ3v) is 3.51. The molecule has 2 N–H and O–H groups in total. The molecule has 1 aliphatic heterocycles. The van der Waals surface area contributed by atoms with Gasteiger partial charge in [0.25, 0.3) is 0 Å². The molecule has 2 atom stereocenters. The summed E-state index contributed by atoms with van der Waals surface area (Å²) in [5, 5.41) is 5.14. The molecule has 1 aliphatic rings. The molecule has 0 saturated carbocycles. The number of ether oxygens (including phenoxy) is 1. The zero-order chi connectivity index (χ0) is 15.2. The highest BCUT2D eigenvalue weighted by Gasteiger charge is 2.23. The van der Waals surface area contributed by atoms with Crippen LogP contribution < -0.4 is 10.7 Å². The van der Waals surface area contributed by atoms with Gasteiger partial charge in [-0.3, -0.25) is 5.43 Å². The maximum Gasteiger partial charge on any atom is 0.407 e. The maximum absolute atomic E-state index is 11.5.